The highest BCUT2D eigenvalue weighted by Crippen LogP contribution is 2.18. The second-order valence-corrected chi connectivity index (χ2v) is 3.78. The zero-order chi connectivity index (χ0) is 12.0. The molecular formula is C12H18FNO2. The van der Waals surface area contributed by atoms with Crippen LogP contribution in [0.5, 0.6) is 5.75 Å². The molecule has 0 heterocycles. The van der Waals surface area contributed by atoms with E-state index < -0.39 is 6.10 Å². The van der Waals surface area contributed by atoms with E-state index >= 15 is 0 Å². The van der Waals surface area contributed by atoms with Crippen LogP contribution in [0.25, 0.3) is 0 Å². The van der Waals surface area contributed by atoms with Gasteiger partial charge in [0.25, 0.3) is 0 Å². The minimum absolute atomic E-state index is 0.237. The highest BCUT2D eigenvalue weighted by molar-refractivity contribution is 5.29. The zero-order valence-electron chi connectivity index (χ0n) is 9.66. The van der Waals surface area contributed by atoms with Crippen LogP contribution in [-0.4, -0.2) is 24.9 Å². The Morgan fingerprint density at radius 3 is 2.81 bits per heavy atom. The van der Waals surface area contributed by atoms with Gasteiger partial charge in [0.1, 0.15) is 0 Å². The monoisotopic (exact) mass is 227 g/mol. The molecule has 1 aromatic rings. The summed E-state index contributed by atoms with van der Waals surface area (Å²) in [6, 6.07) is 4.88. The molecule has 3 nitrogen and oxygen atoms in total. The van der Waals surface area contributed by atoms with Crippen molar-refractivity contribution in [1.29, 1.82) is 0 Å². The van der Waals surface area contributed by atoms with Crippen molar-refractivity contribution in [2.45, 2.75) is 26.0 Å². The van der Waals surface area contributed by atoms with Gasteiger partial charge in [-0.2, -0.15) is 0 Å². The standard InChI is InChI=1S/C12H18FNO2/c1-9(15)5-6-16-12-4-3-10(8-14-2)7-11(12)13/h3-4,7,9,14-15H,5-6,8H2,1-2H3. The molecule has 1 unspecified atom stereocenters. The number of rotatable bonds is 6. The summed E-state index contributed by atoms with van der Waals surface area (Å²) < 4.78 is 18.7. The van der Waals surface area contributed by atoms with Gasteiger partial charge in [0, 0.05) is 13.0 Å². The van der Waals surface area contributed by atoms with E-state index in [0.29, 0.717) is 19.6 Å². The number of benzene rings is 1. The lowest BCUT2D eigenvalue weighted by molar-refractivity contribution is 0.154. The lowest BCUT2D eigenvalue weighted by Gasteiger charge is -2.09. The molecular weight excluding hydrogens is 209 g/mol. The summed E-state index contributed by atoms with van der Waals surface area (Å²) in [6.07, 6.45) is 0.0733. The van der Waals surface area contributed by atoms with Crippen LogP contribution in [0.1, 0.15) is 18.9 Å². The Bertz CT molecular complexity index is 329. The van der Waals surface area contributed by atoms with E-state index in [9.17, 15) is 4.39 Å². The first-order chi connectivity index (χ1) is 7.63. The fourth-order valence-electron chi connectivity index (χ4n) is 1.31. The minimum Gasteiger partial charge on any atom is -0.490 e. The van der Waals surface area contributed by atoms with Crippen LogP contribution in [0.2, 0.25) is 0 Å². The average Bonchev–Trinajstić information content (AvgIpc) is 2.21. The molecule has 0 fully saturated rings. The second-order valence-electron chi connectivity index (χ2n) is 3.78. The summed E-state index contributed by atoms with van der Waals surface area (Å²) in [7, 11) is 1.81. The van der Waals surface area contributed by atoms with E-state index in [-0.39, 0.29) is 11.6 Å². The third-order valence-electron chi connectivity index (χ3n) is 2.17. The van der Waals surface area contributed by atoms with Crippen molar-refractivity contribution < 1.29 is 14.2 Å². The number of hydrogen-bond donors (Lipinski definition) is 2. The van der Waals surface area contributed by atoms with E-state index in [4.69, 9.17) is 9.84 Å². The molecule has 2 N–H and O–H groups in total. The third-order valence-corrected chi connectivity index (χ3v) is 2.17. The van der Waals surface area contributed by atoms with Crippen LogP contribution in [0.3, 0.4) is 0 Å². The predicted octanol–water partition coefficient (Wildman–Crippen LogP) is 1.69. The Kier molecular flexibility index (Phi) is 5.22. The Morgan fingerprint density at radius 2 is 2.25 bits per heavy atom. The molecule has 0 bridgehead atoms. The fourth-order valence-corrected chi connectivity index (χ4v) is 1.31. The number of hydrogen-bond acceptors (Lipinski definition) is 3. The van der Waals surface area contributed by atoms with E-state index in [1.807, 2.05) is 13.1 Å². The van der Waals surface area contributed by atoms with Crippen LogP contribution in [0.4, 0.5) is 4.39 Å². The normalized spacial score (nSPS) is 12.5. The first-order valence-electron chi connectivity index (χ1n) is 5.37. The number of aliphatic hydroxyl groups is 1. The molecule has 90 valence electrons. The van der Waals surface area contributed by atoms with Crippen LogP contribution in [-0.2, 0) is 6.54 Å². The summed E-state index contributed by atoms with van der Waals surface area (Å²) in [5.74, 6) is -0.126. The third kappa shape index (κ3) is 4.16. The topological polar surface area (TPSA) is 41.5 Å². The number of ether oxygens (including phenoxy) is 1. The lowest BCUT2D eigenvalue weighted by Crippen LogP contribution is -2.09. The Morgan fingerprint density at radius 1 is 1.50 bits per heavy atom. The summed E-state index contributed by atoms with van der Waals surface area (Å²) in [5, 5.41) is 12.0. The van der Waals surface area contributed by atoms with Gasteiger partial charge in [-0.15, -0.1) is 0 Å². The van der Waals surface area contributed by atoms with Gasteiger partial charge in [0.2, 0.25) is 0 Å². The van der Waals surface area contributed by atoms with Gasteiger partial charge < -0.3 is 15.2 Å². The van der Waals surface area contributed by atoms with Gasteiger partial charge in [-0.25, -0.2) is 4.39 Å². The van der Waals surface area contributed by atoms with Gasteiger partial charge in [0.15, 0.2) is 11.6 Å². The zero-order valence-corrected chi connectivity index (χ0v) is 9.66. The lowest BCUT2D eigenvalue weighted by atomic mass is 10.2. The minimum atomic E-state index is -0.424. The maximum absolute atomic E-state index is 13.5. The van der Waals surface area contributed by atoms with Crippen molar-refractivity contribution in [1.82, 2.24) is 5.32 Å². The molecule has 0 aromatic heterocycles. The van der Waals surface area contributed by atoms with Crippen LogP contribution >= 0.6 is 0 Å². The van der Waals surface area contributed by atoms with Gasteiger partial charge in [0.05, 0.1) is 12.7 Å². The van der Waals surface area contributed by atoms with Gasteiger partial charge in [-0.1, -0.05) is 6.07 Å². The van der Waals surface area contributed by atoms with Gasteiger partial charge in [-0.05, 0) is 31.7 Å². The summed E-state index contributed by atoms with van der Waals surface area (Å²) >= 11 is 0. The van der Waals surface area contributed by atoms with Crippen molar-refractivity contribution in [2.75, 3.05) is 13.7 Å². The Labute approximate surface area is 95.2 Å². The molecule has 0 radical (unpaired) electrons. The molecule has 0 aliphatic heterocycles. The SMILES string of the molecule is CNCc1ccc(OCCC(C)O)c(F)c1. The van der Waals surface area contributed by atoms with Crippen molar-refractivity contribution in [3.8, 4) is 5.75 Å². The van der Waals surface area contributed by atoms with Crippen LogP contribution < -0.4 is 10.1 Å². The van der Waals surface area contributed by atoms with Gasteiger partial charge in [-0.3, -0.25) is 0 Å². The molecule has 1 atom stereocenters. The molecule has 16 heavy (non-hydrogen) atoms. The Balaban J connectivity index is 2.54. The molecule has 0 saturated heterocycles. The summed E-state index contributed by atoms with van der Waals surface area (Å²) in [6.45, 7) is 2.63. The Hall–Kier alpha value is -1.13. The second kappa shape index (κ2) is 6.45. The van der Waals surface area contributed by atoms with Gasteiger partial charge >= 0.3 is 0 Å². The largest absolute Gasteiger partial charge is 0.490 e. The maximum Gasteiger partial charge on any atom is 0.165 e. The molecule has 4 heteroatoms. The van der Waals surface area contributed by atoms with E-state index in [1.54, 1.807) is 13.0 Å². The molecule has 1 aromatic carbocycles. The van der Waals surface area contributed by atoms with Crippen molar-refractivity contribution >= 4 is 0 Å². The number of nitrogens with one attached hydrogen (secondary N) is 1. The molecule has 1 rings (SSSR count). The van der Waals surface area contributed by atoms with Crippen LogP contribution in [0.15, 0.2) is 18.2 Å². The summed E-state index contributed by atoms with van der Waals surface area (Å²) in [5.41, 5.74) is 0.878. The highest BCUT2D eigenvalue weighted by Gasteiger charge is 2.05. The first-order valence-corrected chi connectivity index (χ1v) is 5.37. The smallest absolute Gasteiger partial charge is 0.165 e. The molecule has 0 saturated carbocycles. The highest BCUT2D eigenvalue weighted by atomic mass is 19.1. The molecule has 0 aliphatic rings. The molecule has 0 spiro atoms. The van der Waals surface area contributed by atoms with Crippen molar-refractivity contribution in [3.63, 3.8) is 0 Å². The number of halogens is 1. The number of aliphatic hydroxyl groups excluding tert-OH is 1. The molecule has 0 amide bonds. The van der Waals surface area contributed by atoms with E-state index in [2.05, 4.69) is 5.32 Å². The fraction of sp³-hybridized carbons (Fsp3) is 0.500. The summed E-state index contributed by atoms with van der Waals surface area (Å²) in [4.78, 5) is 0. The maximum atomic E-state index is 13.5. The van der Waals surface area contributed by atoms with E-state index in [1.165, 1.54) is 6.07 Å². The van der Waals surface area contributed by atoms with Crippen molar-refractivity contribution in [3.05, 3.63) is 29.6 Å². The first kappa shape index (κ1) is 12.9. The average molecular weight is 227 g/mol. The quantitative estimate of drug-likeness (QED) is 0.777. The predicted molar refractivity (Wildman–Crippen MR) is 61.0 cm³/mol. The van der Waals surface area contributed by atoms with Crippen molar-refractivity contribution in [2.24, 2.45) is 0 Å². The van der Waals surface area contributed by atoms with Crippen LogP contribution in [0, 0.1) is 5.82 Å². The van der Waals surface area contributed by atoms with E-state index in [0.717, 1.165) is 5.56 Å². The molecule has 0 aliphatic carbocycles.